The SMILES string of the molecule is N#CCC(N)c1ccc(C(F)(F)F)nc1. The Labute approximate surface area is 84.3 Å². The van der Waals surface area contributed by atoms with E-state index in [-0.39, 0.29) is 6.42 Å². The molecule has 2 N–H and O–H groups in total. The van der Waals surface area contributed by atoms with Crippen LogP contribution in [0.3, 0.4) is 0 Å². The molecule has 0 aromatic carbocycles. The molecule has 1 heterocycles. The molecule has 15 heavy (non-hydrogen) atoms. The maximum absolute atomic E-state index is 12.1. The smallest absolute Gasteiger partial charge is 0.323 e. The Morgan fingerprint density at radius 3 is 2.53 bits per heavy atom. The Morgan fingerprint density at radius 2 is 2.13 bits per heavy atom. The van der Waals surface area contributed by atoms with Crippen LogP contribution in [-0.4, -0.2) is 4.98 Å². The van der Waals surface area contributed by atoms with Crippen LogP contribution in [0.4, 0.5) is 13.2 Å². The lowest BCUT2D eigenvalue weighted by molar-refractivity contribution is -0.141. The fourth-order valence-corrected chi connectivity index (χ4v) is 1.01. The van der Waals surface area contributed by atoms with Gasteiger partial charge in [-0.2, -0.15) is 18.4 Å². The minimum absolute atomic E-state index is 0.0487. The maximum atomic E-state index is 12.1. The van der Waals surface area contributed by atoms with E-state index >= 15 is 0 Å². The zero-order valence-corrected chi connectivity index (χ0v) is 7.62. The van der Waals surface area contributed by atoms with Crippen LogP contribution in [0, 0.1) is 11.3 Å². The number of nitrogens with two attached hydrogens (primary N) is 1. The number of hydrogen-bond donors (Lipinski definition) is 1. The van der Waals surface area contributed by atoms with Crippen LogP contribution in [0.2, 0.25) is 0 Å². The van der Waals surface area contributed by atoms with E-state index in [0.717, 1.165) is 12.3 Å². The maximum Gasteiger partial charge on any atom is 0.433 e. The van der Waals surface area contributed by atoms with Gasteiger partial charge >= 0.3 is 6.18 Å². The molecule has 0 aliphatic carbocycles. The normalized spacial score (nSPS) is 13.3. The molecule has 0 spiro atoms. The van der Waals surface area contributed by atoms with Gasteiger partial charge in [0.15, 0.2) is 0 Å². The molecule has 0 saturated carbocycles. The number of aromatic nitrogens is 1. The minimum atomic E-state index is -4.45. The first-order valence-corrected chi connectivity index (χ1v) is 4.11. The first kappa shape index (κ1) is 11.5. The van der Waals surface area contributed by atoms with Gasteiger partial charge in [-0.3, -0.25) is 4.98 Å². The number of hydrogen-bond acceptors (Lipinski definition) is 3. The van der Waals surface area contributed by atoms with Gasteiger partial charge in [-0.1, -0.05) is 6.07 Å². The van der Waals surface area contributed by atoms with Crippen molar-refractivity contribution in [2.24, 2.45) is 5.73 Å². The molecule has 1 atom stereocenters. The van der Waals surface area contributed by atoms with E-state index in [1.54, 1.807) is 0 Å². The summed E-state index contributed by atoms with van der Waals surface area (Å²) in [5.41, 5.74) is 4.98. The van der Waals surface area contributed by atoms with Crippen LogP contribution in [-0.2, 0) is 6.18 Å². The van der Waals surface area contributed by atoms with Gasteiger partial charge in [0.05, 0.1) is 12.5 Å². The quantitative estimate of drug-likeness (QED) is 0.820. The number of halogens is 3. The molecule has 0 radical (unpaired) electrons. The van der Waals surface area contributed by atoms with Crippen molar-refractivity contribution in [2.75, 3.05) is 0 Å². The molecule has 1 aromatic heterocycles. The summed E-state index contributed by atoms with van der Waals surface area (Å²) in [6.45, 7) is 0. The van der Waals surface area contributed by atoms with Crippen molar-refractivity contribution in [1.82, 2.24) is 4.98 Å². The van der Waals surface area contributed by atoms with Gasteiger partial charge in [0.1, 0.15) is 5.69 Å². The Morgan fingerprint density at radius 1 is 1.47 bits per heavy atom. The second-order valence-electron chi connectivity index (χ2n) is 2.94. The van der Waals surface area contributed by atoms with Gasteiger partial charge in [0, 0.05) is 12.2 Å². The van der Waals surface area contributed by atoms with Gasteiger partial charge < -0.3 is 5.73 Å². The molecule has 0 saturated heterocycles. The summed E-state index contributed by atoms with van der Waals surface area (Å²) < 4.78 is 36.4. The van der Waals surface area contributed by atoms with E-state index in [4.69, 9.17) is 11.0 Å². The van der Waals surface area contributed by atoms with Gasteiger partial charge in [0.2, 0.25) is 0 Å². The number of pyridine rings is 1. The fraction of sp³-hybridized carbons (Fsp3) is 0.333. The van der Waals surface area contributed by atoms with Crippen LogP contribution in [0.25, 0.3) is 0 Å². The summed E-state index contributed by atoms with van der Waals surface area (Å²) in [5.74, 6) is 0. The van der Waals surface area contributed by atoms with Gasteiger partial charge in [0.25, 0.3) is 0 Å². The number of nitriles is 1. The lowest BCUT2D eigenvalue weighted by Gasteiger charge is -2.09. The van der Waals surface area contributed by atoms with E-state index < -0.39 is 17.9 Å². The highest BCUT2D eigenvalue weighted by atomic mass is 19.4. The zero-order valence-electron chi connectivity index (χ0n) is 7.62. The molecule has 6 heteroatoms. The molecule has 1 rings (SSSR count). The van der Waals surface area contributed by atoms with Crippen molar-refractivity contribution < 1.29 is 13.2 Å². The molecule has 1 unspecified atom stereocenters. The number of alkyl halides is 3. The highest BCUT2D eigenvalue weighted by Crippen LogP contribution is 2.27. The van der Waals surface area contributed by atoms with E-state index in [1.165, 1.54) is 6.07 Å². The monoisotopic (exact) mass is 215 g/mol. The van der Waals surface area contributed by atoms with Crippen LogP contribution < -0.4 is 5.73 Å². The summed E-state index contributed by atoms with van der Waals surface area (Å²) in [6, 6.07) is 3.33. The topological polar surface area (TPSA) is 62.7 Å². The molecule has 0 aliphatic rings. The van der Waals surface area contributed by atoms with Crippen LogP contribution in [0.5, 0.6) is 0 Å². The predicted octanol–water partition coefficient (Wildman–Crippen LogP) is 2.01. The predicted molar refractivity (Wildman–Crippen MR) is 46.4 cm³/mol. The third kappa shape index (κ3) is 2.92. The average Bonchev–Trinajstić information content (AvgIpc) is 2.17. The molecular formula is C9H8F3N3. The summed E-state index contributed by atoms with van der Waals surface area (Å²) in [4.78, 5) is 3.24. The molecule has 0 aliphatic heterocycles. The Kier molecular flexibility index (Phi) is 3.27. The zero-order chi connectivity index (χ0) is 11.5. The van der Waals surface area contributed by atoms with Gasteiger partial charge in [-0.25, -0.2) is 0 Å². The lowest BCUT2D eigenvalue weighted by Crippen LogP contribution is -2.12. The van der Waals surface area contributed by atoms with Gasteiger partial charge in [-0.05, 0) is 11.6 Å². The van der Waals surface area contributed by atoms with Crippen molar-refractivity contribution in [3.05, 3.63) is 29.6 Å². The Balaban J connectivity index is 2.87. The van der Waals surface area contributed by atoms with Crippen LogP contribution in [0.1, 0.15) is 23.7 Å². The molecule has 80 valence electrons. The van der Waals surface area contributed by atoms with Crippen molar-refractivity contribution in [1.29, 1.82) is 5.26 Å². The molecule has 0 fully saturated rings. The third-order valence-corrected chi connectivity index (χ3v) is 1.82. The van der Waals surface area contributed by atoms with Crippen molar-refractivity contribution >= 4 is 0 Å². The van der Waals surface area contributed by atoms with E-state index in [0.29, 0.717) is 5.56 Å². The highest BCUT2D eigenvalue weighted by Gasteiger charge is 2.32. The van der Waals surface area contributed by atoms with Crippen molar-refractivity contribution in [3.63, 3.8) is 0 Å². The average molecular weight is 215 g/mol. The van der Waals surface area contributed by atoms with Crippen LogP contribution >= 0.6 is 0 Å². The third-order valence-electron chi connectivity index (χ3n) is 1.82. The summed E-state index contributed by atoms with van der Waals surface area (Å²) in [7, 11) is 0. The summed E-state index contributed by atoms with van der Waals surface area (Å²) >= 11 is 0. The number of nitrogens with zero attached hydrogens (tertiary/aromatic N) is 2. The first-order chi connectivity index (χ1) is 6.95. The second kappa shape index (κ2) is 4.28. The molecule has 0 bridgehead atoms. The minimum Gasteiger partial charge on any atom is -0.323 e. The molecule has 1 aromatic rings. The Hall–Kier alpha value is -1.61. The van der Waals surface area contributed by atoms with E-state index in [2.05, 4.69) is 4.98 Å². The standard InChI is InChI=1S/C9H8F3N3/c10-9(11,12)8-2-1-6(5-15-8)7(14)3-4-13/h1-2,5,7H,3,14H2. The second-order valence-corrected chi connectivity index (χ2v) is 2.94. The largest absolute Gasteiger partial charge is 0.433 e. The van der Waals surface area contributed by atoms with Gasteiger partial charge in [-0.15, -0.1) is 0 Å². The first-order valence-electron chi connectivity index (χ1n) is 4.11. The summed E-state index contributed by atoms with van der Waals surface area (Å²) in [6.07, 6.45) is -3.35. The highest BCUT2D eigenvalue weighted by molar-refractivity contribution is 5.19. The van der Waals surface area contributed by atoms with Crippen LogP contribution in [0.15, 0.2) is 18.3 Å². The Bertz CT molecular complexity index is 364. The fourth-order valence-electron chi connectivity index (χ4n) is 1.01. The molecular weight excluding hydrogens is 207 g/mol. The van der Waals surface area contributed by atoms with Crippen molar-refractivity contribution in [2.45, 2.75) is 18.6 Å². The number of rotatable bonds is 2. The molecule has 0 amide bonds. The van der Waals surface area contributed by atoms with E-state index in [9.17, 15) is 13.2 Å². The molecule has 3 nitrogen and oxygen atoms in total. The van der Waals surface area contributed by atoms with E-state index in [1.807, 2.05) is 6.07 Å². The summed E-state index contributed by atoms with van der Waals surface area (Å²) in [5, 5.41) is 8.35. The lowest BCUT2D eigenvalue weighted by atomic mass is 10.1. The van der Waals surface area contributed by atoms with Crippen molar-refractivity contribution in [3.8, 4) is 6.07 Å².